The van der Waals surface area contributed by atoms with E-state index in [1.54, 1.807) is 11.8 Å². The summed E-state index contributed by atoms with van der Waals surface area (Å²) in [6.45, 7) is 2.12. The molecule has 0 unspecified atom stereocenters. The average Bonchev–Trinajstić information content (AvgIpc) is 2.97. The summed E-state index contributed by atoms with van der Waals surface area (Å²) in [5.74, 6) is 1.26. The molecule has 20 heavy (non-hydrogen) atoms. The van der Waals surface area contributed by atoms with Gasteiger partial charge in [0.15, 0.2) is 5.52 Å². The summed E-state index contributed by atoms with van der Waals surface area (Å²) in [5.41, 5.74) is 1.53. The summed E-state index contributed by atoms with van der Waals surface area (Å²) in [4.78, 5) is 20.4. The van der Waals surface area contributed by atoms with Crippen LogP contribution in [0.15, 0.2) is 11.1 Å². The Hall–Kier alpha value is -1.38. The van der Waals surface area contributed by atoms with Crippen molar-refractivity contribution >= 4 is 22.8 Å². The van der Waals surface area contributed by atoms with E-state index in [1.165, 1.54) is 6.33 Å². The molecular formula is C12H17N5O2S. The third-order valence-corrected chi connectivity index (χ3v) is 4.42. The van der Waals surface area contributed by atoms with Gasteiger partial charge in [0.2, 0.25) is 0 Å². The fourth-order valence-corrected chi connectivity index (χ4v) is 3.43. The number of fused-ring (bicyclic) bond motifs is 1. The molecule has 0 aromatic carbocycles. The molecule has 108 valence electrons. The standard InChI is InChI=1S/C12H17N5O2S/c1-20-5-7-2-17(4-9(7)18)3-8-10-11(16-15-8)12(19)14-6-13-10/h6-7,9,18H,2-5H2,1H3,(H,15,16)(H,13,14,19)/t7-,9+/m0/s1. The lowest BCUT2D eigenvalue weighted by molar-refractivity contribution is 0.149. The zero-order chi connectivity index (χ0) is 14.1. The van der Waals surface area contributed by atoms with E-state index in [2.05, 4.69) is 25.1 Å². The predicted octanol–water partition coefficient (Wildman–Crippen LogP) is -0.198. The van der Waals surface area contributed by atoms with Gasteiger partial charge in [-0.15, -0.1) is 0 Å². The van der Waals surface area contributed by atoms with Crippen molar-refractivity contribution in [3.05, 3.63) is 22.4 Å². The van der Waals surface area contributed by atoms with Crippen LogP contribution in [0.2, 0.25) is 0 Å². The highest BCUT2D eigenvalue weighted by Crippen LogP contribution is 2.22. The molecule has 0 bridgehead atoms. The van der Waals surface area contributed by atoms with Crippen LogP contribution in [0.3, 0.4) is 0 Å². The Balaban J connectivity index is 1.78. The van der Waals surface area contributed by atoms with Crippen molar-refractivity contribution in [1.29, 1.82) is 0 Å². The Morgan fingerprint density at radius 1 is 1.50 bits per heavy atom. The molecule has 8 heteroatoms. The van der Waals surface area contributed by atoms with Crippen LogP contribution in [-0.2, 0) is 6.54 Å². The predicted molar refractivity (Wildman–Crippen MR) is 77.7 cm³/mol. The highest BCUT2D eigenvalue weighted by atomic mass is 32.2. The fourth-order valence-electron chi connectivity index (χ4n) is 2.68. The van der Waals surface area contributed by atoms with Crippen LogP contribution in [0.25, 0.3) is 11.0 Å². The van der Waals surface area contributed by atoms with Crippen LogP contribution in [0.4, 0.5) is 0 Å². The lowest BCUT2D eigenvalue weighted by Crippen LogP contribution is -2.21. The molecule has 2 aromatic rings. The third kappa shape index (κ3) is 2.46. The van der Waals surface area contributed by atoms with Gasteiger partial charge in [-0.25, -0.2) is 4.98 Å². The first-order chi connectivity index (χ1) is 9.69. The molecule has 3 heterocycles. The van der Waals surface area contributed by atoms with Crippen molar-refractivity contribution in [3.63, 3.8) is 0 Å². The van der Waals surface area contributed by atoms with Crippen molar-refractivity contribution in [1.82, 2.24) is 25.1 Å². The lowest BCUT2D eigenvalue weighted by Gasteiger charge is -2.13. The molecule has 1 aliphatic rings. The van der Waals surface area contributed by atoms with E-state index >= 15 is 0 Å². The molecule has 7 nitrogen and oxygen atoms in total. The summed E-state index contributed by atoms with van der Waals surface area (Å²) < 4.78 is 0. The molecule has 0 spiro atoms. The van der Waals surface area contributed by atoms with E-state index < -0.39 is 0 Å². The molecule has 2 aromatic heterocycles. The molecule has 1 saturated heterocycles. The van der Waals surface area contributed by atoms with E-state index in [9.17, 15) is 9.90 Å². The van der Waals surface area contributed by atoms with E-state index in [0.717, 1.165) is 18.0 Å². The lowest BCUT2D eigenvalue weighted by atomic mass is 10.1. The number of thioether (sulfide) groups is 1. The molecule has 1 fully saturated rings. The topological polar surface area (TPSA) is 97.9 Å². The Bertz CT molecular complexity index is 655. The minimum absolute atomic E-state index is 0.237. The van der Waals surface area contributed by atoms with Gasteiger partial charge in [0.1, 0.15) is 5.52 Å². The number of H-pyrrole nitrogens is 2. The van der Waals surface area contributed by atoms with Crippen LogP contribution < -0.4 is 5.56 Å². The van der Waals surface area contributed by atoms with Gasteiger partial charge in [-0.05, 0) is 12.0 Å². The Morgan fingerprint density at radius 3 is 3.15 bits per heavy atom. The molecule has 1 aliphatic heterocycles. The van der Waals surface area contributed by atoms with Crippen molar-refractivity contribution in [3.8, 4) is 0 Å². The van der Waals surface area contributed by atoms with Gasteiger partial charge in [-0.2, -0.15) is 16.9 Å². The first-order valence-electron chi connectivity index (χ1n) is 6.49. The number of hydrogen-bond acceptors (Lipinski definition) is 6. The molecule has 0 aliphatic carbocycles. The van der Waals surface area contributed by atoms with Crippen molar-refractivity contribution in [2.45, 2.75) is 12.6 Å². The highest BCUT2D eigenvalue weighted by Gasteiger charge is 2.31. The molecule has 0 radical (unpaired) electrons. The average molecular weight is 295 g/mol. The summed E-state index contributed by atoms with van der Waals surface area (Å²) in [6.07, 6.45) is 3.15. The molecule has 2 atom stereocenters. The van der Waals surface area contributed by atoms with Crippen molar-refractivity contribution in [2.24, 2.45) is 5.92 Å². The maximum absolute atomic E-state index is 11.6. The Labute approximate surface area is 119 Å². The smallest absolute Gasteiger partial charge is 0.279 e. The van der Waals surface area contributed by atoms with E-state index in [-0.39, 0.29) is 11.7 Å². The Morgan fingerprint density at radius 2 is 2.35 bits per heavy atom. The summed E-state index contributed by atoms with van der Waals surface area (Å²) in [5, 5.41) is 16.9. The Kier molecular flexibility index (Phi) is 3.77. The zero-order valence-electron chi connectivity index (χ0n) is 11.2. The summed E-state index contributed by atoms with van der Waals surface area (Å²) >= 11 is 1.75. The SMILES string of the molecule is CSC[C@@H]1CN(Cc2[nH]nc3c(=O)[nH]cnc23)C[C@H]1O. The van der Waals surface area contributed by atoms with Crippen LogP contribution in [0.1, 0.15) is 5.69 Å². The quantitative estimate of drug-likeness (QED) is 0.723. The summed E-state index contributed by atoms with van der Waals surface area (Å²) in [7, 11) is 0. The highest BCUT2D eigenvalue weighted by molar-refractivity contribution is 7.98. The minimum atomic E-state index is -0.284. The van der Waals surface area contributed by atoms with Crippen molar-refractivity contribution in [2.75, 3.05) is 25.1 Å². The molecule has 3 N–H and O–H groups in total. The molecule has 0 saturated carbocycles. The number of nitrogens with zero attached hydrogens (tertiary/aromatic N) is 3. The summed E-state index contributed by atoms with van der Waals surface area (Å²) in [6, 6.07) is 0. The number of hydrogen-bond donors (Lipinski definition) is 3. The monoisotopic (exact) mass is 295 g/mol. The van der Waals surface area contributed by atoms with E-state index in [1.807, 2.05) is 6.26 Å². The fraction of sp³-hybridized carbons (Fsp3) is 0.583. The van der Waals surface area contributed by atoms with Gasteiger partial charge in [-0.3, -0.25) is 14.8 Å². The first-order valence-corrected chi connectivity index (χ1v) is 7.88. The second kappa shape index (κ2) is 5.55. The van der Waals surface area contributed by atoms with Gasteiger partial charge in [-0.1, -0.05) is 0 Å². The normalized spacial score (nSPS) is 23.7. The molecular weight excluding hydrogens is 278 g/mol. The number of aliphatic hydroxyl groups is 1. The first kappa shape index (κ1) is 13.6. The zero-order valence-corrected chi connectivity index (χ0v) is 12.0. The van der Waals surface area contributed by atoms with Gasteiger partial charge in [0.25, 0.3) is 5.56 Å². The maximum Gasteiger partial charge on any atom is 0.279 e. The number of aliphatic hydroxyl groups excluding tert-OH is 1. The largest absolute Gasteiger partial charge is 0.391 e. The van der Waals surface area contributed by atoms with Crippen LogP contribution >= 0.6 is 11.8 Å². The van der Waals surface area contributed by atoms with Crippen LogP contribution in [-0.4, -0.2) is 61.4 Å². The minimum Gasteiger partial charge on any atom is -0.391 e. The number of β-amino-alcohol motifs (C(OH)–C–C–N with tert-alkyl or cyclic N) is 1. The number of aromatic amines is 2. The second-order valence-electron chi connectivity index (χ2n) is 5.11. The van der Waals surface area contributed by atoms with E-state index in [4.69, 9.17) is 0 Å². The number of likely N-dealkylation sites (tertiary alicyclic amines) is 1. The van der Waals surface area contributed by atoms with Crippen LogP contribution in [0.5, 0.6) is 0 Å². The second-order valence-corrected chi connectivity index (χ2v) is 6.02. The van der Waals surface area contributed by atoms with Crippen molar-refractivity contribution < 1.29 is 5.11 Å². The van der Waals surface area contributed by atoms with Gasteiger partial charge >= 0.3 is 0 Å². The number of rotatable bonds is 4. The van der Waals surface area contributed by atoms with Crippen LogP contribution in [0, 0.1) is 5.92 Å². The van der Waals surface area contributed by atoms with E-state index in [0.29, 0.717) is 30.0 Å². The van der Waals surface area contributed by atoms with Gasteiger partial charge in [0.05, 0.1) is 18.1 Å². The molecule has 0 amide bonds. The number of aromatic nitrogens is 4. The third-order valence-electron chi connectivity index (χ3n) is 3.66. The van der Waals surface area contributed by atoms with Gasteiger partial charge < -0.3 is 10.1 Å². The van der Waals surface area contributed by atoms with Gasteiger partial charge in [0, 0.05) is 25.6 Å². The maximum atomic E-state index is 11.6. The number of nitrogens with one attached hydrogen (secondary N) is 2. The molecule has 3 rings (SSSR count).